The van der Waals surface area contributed by atoms with Gasteiger partial charge in [0.05, 0.1) is 0 Å². The summed E-state index contributed by atoms with van der Waals surface area (Å²) in [6.45, 7) is 2.04. The first-order chi connectivity index (χ1) is 4.33. The first-order valence-corrected chi connectivity index (χ1v) is 2.86. The van der Waals surface area contributed by atoms with Crippen LogP contribution >= 0.6 is 0 Å². The molecule has 1 aromatic carbocycles. The van der Waals surface area contributed by atoms with Crippen LogP contribution in [0.4, 0.5) is 0 Å². The first kappa shape index (κ1) is 9.00. The molecule has 0 spiro atoms. The minimum absolute atomic E-state index is 0. The Morgan fingerprint density at radius 3 is 2.10 bits per heavy atom. The van der Waals surface area contributed by atoms with Crippen LogP contribution in [0.3, 0.4) is 0 Å². The second-order valence-corrected chi connectivity index (χ2v) is 2.01. The van der Waals surface area contributed by atoms with E-state index in [1.165, 1.54) is 5.56 Å². The van der Waals surface area contributed by atoms with Crippen molar-refractivity contribution in [2.24, 2.45) is 0 Å². The molecule has 0 amide bonds. The molecule has 0 aliphatic rings. The van der Waals surface area contributed by atoms with Gasteiger partial charge in [0.25, 0.3) is 0 Å². The third-order valence-corrected chi connectivity index (χ3v) is 1.22. The highest BCUT2D eigenvalue weighted by Crippen LogP contribution is 1.99. The van der Waals surface area contributed by atoms with Crippen molar-refractivity contribution in [2.75, 3.05) is 0 Å². The maximum Gasteiger partial charge on any atom is 0.0242 e. The molecular weight excluding hydrogens is 136 g/mol. The molecule has 0 N–H and O–H groups in total. The number of benzene rings is 1. The number of aryl methyl sites for hydroxylation is 1. The van der Waals surface area contributed by atoms with Crippen LogP contribution in [0, 0.1) is 19.3 Å². The van der Waals surface area contributed by atoms with Crippen LogP contribution in [-0.4, -0.2) is 11.0 Å². The second kappa shape index (κ2) is 3.92. The summed E-state index contributed by atoms with van der Waals surface area (Å²) < 4.78 is 0. The van der Waals surface area contributed by atoms with Gasteiger partial charge < -0.3 is 0 Å². The number of rotatable bonds is 0. The van der Waals surface area contributed by atoms with Crippen LogP contribution < -0.4 is 0 Å². The average Bonchev–Trinajstić information content (AvgIpc) is 1.90. The molecular formula is C9H12Si. The van der Waals surface area contributed by atoms with Crippen molar-refractivity contribution in [1.29, 1.82) is 0 Å². The van der Waals surface area contributed by atoms with Gasteiger partial charge in [0, 0.05) is 5.56 Å². The van der Waals surface area contributed by atoms with E-state index in [2.05, 4.69) is 5.92 Å². The topological polar surface area (TPSA) is 0 Å². The van der Waals surface area contributed by atoms with Crippen molar-refractivity contribution >= 4 is 11.0 Å². The molecule has 0 unspecified atom stereocenters. The van der Waals surface area contributed by atoms with E-state index in [-0.39, 0.29) is 11.0 Å². The summed E-state index contributed by atoms with van der Waals surface area (Å²) in [5.74, 6) is 2.55. The van der Waals surface area contributed by atoms with Gasteiger partial charge in [-0.1, -0.05) is 23.6 Å². The van der Waals surface area contributed by atoms with Crippen LogP contribution in [0.2, 0.25) is 0 Å². The summed E-state index contributed by atoms with van der Waals surface area (Å²) in [5.41, 5.74) is 2.19. The van der Waals surface area contributed by atoms with E-state index >= 15 is 0 Å². The third kappa shape index (κ3) is 2.08. The van der Waals surface area contributed by atoms with Crippen molar-refractivity contribution in [1.82, 2.24) is 0 Å². The van der Waals surface area contributed by atoms with Gasteiger partial charge in [0.1, 0.15) is 0 Å². The van der Waals surface area contributed by atoms with Gasteiger partial charge in [0.15, 0.2) is 0 Å². The Morgan fingerprint density at radius 1 is 1.20 bits per heavy atom. The summed E-state index contributed by atoms with van der Waals surface area (Å²) in [7, 11) is 0. The summed E-state index contributed by atoms with van der Waals surface area (Å²) in [6, 6.07) is 7.90. The Kier molecular flexibility index (Phi) is 3.52. The lowest BCUT2D eigenvalue weighted by Gasteiger charge is -1.89. The molecule has 0 radical (unpaired) electrons. The predicted octanol–water partition coefficient (Wildman–Crippen LogP) is 0.525. The molecule has 0 aromatic heterocycles. The van der Waals surface area contributed by atoms with E-state index < -0.39 is 0 Å². The Balaban J connectivity index is 0.000000810. The van der Waals surface area contributed by atoms with E-state index in [0.29, 0.717) is 0 Å². The van der Waals surface area contributed by atoms with Crippen LogP contribution in [0.1, 0.15) is 11.1 Å². The summed E-state index contributed by atoms with van der Waals surface area (Å²) >= 11 is 0. The largest absolute Gasteiger partial charge is 0.115 e. The minimum atomic E-state index is 0. The normalized spacial score (nSPS) is 7.60. The molecule has 0 aliphatic carbocycles. The lowest BCUT2D eigenvalue weighted by Crippen LogP contribution is -1.72. The highest BCUT2D eigenvalue weighted by molar-refractivity contribution is 5.75. The molecule has 0 nitrogen and oxygen atoms in total. The van der Waals surface area contributed by atoms with Gasteiger partial charge in [-0.3, -0.25) is 0 Å². The van der Waals surface area contributed by atoms with Crippen LogP contribution in [0.15, 0.2) is 24.3 Å². The zero-order valence-electron chi connectivity index (χ0n) is 5.39. The van der Waals surface area contributed by atoms with E-state index in [1.807, 2.05) is 31.2 Å². The molecule has 1 aromatic rings. The zero-order chi connectivity index (χ0) is 6.69. The lowest BCUT2D eigenvalue weighted by molar-refractivity contribution is 1.46. The first-order valence-electron chi connectivity index (χ1n) is 2.86. The molecule has 0 atom stereocenters. The fourth-order valence-electron chi connectivity index (χ4n) is 0.650. The number of hydrogen-bond acceptors (Lipinski definition) is 0. The molecule has 0 fully saturated rings. The molecule has 0 heterocycles. The predicted molar refractivity (Wildman–Crippen MR) is 50.4 cm³/mol. The summed E-state index contributed by atoms with van der Waals surface area (Å²) in [4.78, 5) is 0. The quantitative estimate of drug-likeness (QED) is 0.372. The van der Waals surface area contributed by atoms with Crippen molar-refractivity contribution in [3.63, 3.8) is 0 Å². The van der Waals surface area contributed by atoms with Gasteiger partial charge >= 0.3 is 0 Å². The fourth-order valence-corrected chi connectivity index (χ4v) is 0.650. The Labute approximate surface area is 66.3 Å². The Morgan fingerprint density at radius 2 is 1.70 bits per heavy atom. The lowest BCUT2D eigenvalue weighted by atomic mass is 10.2. The standard InChI is InChI=1S/C9H8.H4Si/c1-3-9-6-4-8(2)5-7-9;/h1,4-7H,2H3;1H4. The van der Waals surface area contributed by atoms with E-state index in [1.54, 1.807) is 0 Å². The van der Waals surface area contributed by atoms with E-state index in [9.17, 15) is 0 Å². The molecule has 52 valence electrons. The summed E-state index contributed by atoms with van der Waals surface area (Å²) in [6.07, 6.45) is 5.15. The fraction of sp³-hybridized carbons (Fsp3) is 0.111. The SMILES string of the molecule is C#Cc1ccc(C)cc1.[SiH4]. The van der Waals surface area contributed by atoms with Crippen molar-refractivity contribution in [3.8, 4) is 12.3 Å². The smallest absolute Gasteiger partial charge is 0.0242 e. The molecule has 1 heteroatoms. The highest BCUT2D eigenvalue weighted by Gasteiger charge is 1.82. The maximum absolute atomic E-state index is 5.15. The van der Waals surface area contributed by atoms with Crippen molar-refractivity contribution in [2.45, 2.75) is 6.92 Å². The molecule has 1 rings (SSSR count). The van der Waals surface area contributed by atoms with Gasteiger partial charge in [-0.15, -0.1) is 6.42 Å². The Bertz CT molecular complexity index is 228. The zero-order valence-corrected chi connectivity index (χ0v) is 5.39. The van der Waals surface area contributed by atoms with E-state index in [4.69, 9.17) is 6.42 Å². The van der Waals surface area contributed by atoms with Crippen LogP contribution in [-0.2, 0) is 0 Å². The number of terminal acetylenes is 1. The van der Waals surface area contributed by atoms with Gasteiger partial charge in [-0.25, -0.2) is 0 Å². The van der Waals surface area contributed by atoms with Gasteiger partial charge in [-0.2, -0.15) is 0 Å². The maximum atomic E-state index is 5.15. The second-order valence-electron chi connectivity index (χ2n) is 2.01. The summed E-state index contributed by atoms with van der Waals surface area (Å²) in [5, 5.41) is 0. The number of hydrogen-bond donors (Lipinski definition) is 0. The molecule has 0 bridgehead atoms. The highest BCUT2D eigenvalue weighted by atomic mass is 28.1. The van der Waals surface area contributed by atoms with Crippen LogP contribution in [0.5, 0.6) is 0 Å². The van der Waals surface area contributed by atoms with Crippen LogP contribution in [0.25, 0.3) is 0 Å². The van der Waals surface area contributed by atoms with Crippen molar-refractivity contribution < 1.29 is 0 Å². The molecule has 0 saturated heterocycles. The molecule has 0 aliphatic heterocycles. The van der Waals surface area contributed by atoms with E-state index in [0.717, 1.165) is 5.56 Å². The van der Waals surface area contributed by atoms with Crippen molar-refractivity contribution in [3.05, 3.63) is 35.4 Å². The average molecular weight is 148 g/mol. The minimum Gasteiger partial charge on any atom is -0.115 e. The Hall–Kier alpha value is -1.00. The van der Waals surface area contributed by atoms with Gasteiger partial charge in [0.2, 0.25) is 0 Å². The molecule has 10 heavy (non-hydrogen) atoms. The molecule has 0 saturated carbocycles. The third-order valence-electron chi connectivity index (χ3n) is 1.22. The van der Waals surface area contributed by atoms with Gasteiger partial charge in [-0.05, 0) is 30.0 Å². The monoisotopic (exact) mass is 148 g/mol.